The predicted molar refractivity (Wildman–Crippen MR) is 77.8 cm³/mol. The molecule has 1 aromatic carbocycles. The third-order valence-corrected chi connectivity index (χ3v) is 3.85. The molecule has 0 spiro atoms. The molecule has 1 fully saturated rings. The third-order valence-electron chi connectivity index (χ3n) is 3.35. The maximum absolute atomic E-state index is 3.56. The molecule has 0 amide bonds. The molecule has 0 saturated carbocycles. The van der Waals surface area contributed by atoms with Gasteiger partial charge in [0.2, 0.25) is 0 Å². The van der Waals surface area contributed by atoms with Crippen LogP contribution >= 0.6 is 15.9 Å². The molecule has 1 heterocycles. The molecule has 2 nitrogen and oxygen atoms in total. The van der Waals surface area contributed by atoms with Gasteiger partial charge in [0.1, 0.15) is 0 Å². The van der Waals surface area contributed by atoms with Gasteiger partial charge in [0, 0.05) is 29.3 Å². The van der Waals surface area contributed by atoms with E-state index in [2.05, 4.69) is 58.2 Å². The molecule has 0 aromatic heterocycles. The van der Waals surface area contributed by atoms with Gasteiger partial charge in [-0.1, -0.05) is 22.9 Å². The van der Waals surface area contributed by atoms with Crippen LogP contribution in [0.2, 0.25) is 0 Å². The van der Waals surface area contributed by atoms with Crippen LogP contribution in [0.5, 0.6) is 0 Å². The monoisotopic (exact) mass is 296 g/mol. The normalized spacial score (nSPS) is 21.4. The summed E-state index contributed by atoms with van der Waals surface area (Å²) in [4.78, 5) is 2.52. The zero-order valence-electron chi connectivity index (χ0n) is 10.7. The molecular weight excluding hydrogens is 276 g/mol. The largest absolute Gasteiger partial charge is 0.370 e. The van der Waals surface area contributed by atoms with E-state index in [9.17, 15) is 0 Å². The number of rotatable bonds is 2. The molecule has 17 heavy (non-hydrogen) atoms. The summed E-state index contributed by atoms with van der Waals surface area (Å²) in [5.74, 6) is 0. The minimum Gasteiger partial charge on any atom is -0.370 e. The van der Waals surface area contributed by atoms with Crippen molar-refractivity contribution >= 4 is 21.6 Å². The highest BCUT2D eigenvalue weighted by molar-refractivity contribution is 9.10. The van der Waals surface area contributed by atoms with E-state index in [0.717, 1.165) is 26.1 Å². The van der Waals surface area contributed by atoms with Crippen LogP contribution in [0.1, 0.15) is 25.8 Å². The van der Waals surface area contributed by atoms with Crippen molar-refractivity contribution in [1.82, 2.24) is 5.32 Å². The molecule has 0 bridgehead atoms. The van der Waals surface area contributed by atoms with Gasteiger partial charge in [-0.15, -0.1) is 0 Å². The second-order valence-electron chi connectivity index (χ2n) is 4.78. The predicted octanol–water partition coefficient (Wildman–Crippen LogP) is 3.20. The first-order valence-corrected chi connectivity index (χ1v) is 7.26. The Kier molecular flexibility index (Phi) is 4.46. The molecule has 1 aliphatic rings. The van der Waals surface area contributed by atoms with Crippen molar-refractivity contribution in [3.63, 3.8) is 0 Å². The number of aryl methyl sites for hydroxylation is 1. The first kappa shape index (κ1) is 12.9. The Labute approximate surface area is 113 Å². The average molecular weight is 297 g/mol. The van der Waals surface area contributed by atoms with E-state index in [1.165, 1.54) is 22.1 Å². The molecule has 1 unspecified atom stereocenters. The van der Waals surface area contributed by atoms with Crippen LogP contribution in [0.25, 0.3) is 0 Å². The van der Waals surface area contributed by atoms with Crippen molar-refractivity contribution in [2.75, 3.05) is 24.5 Å². The first-order chi connectivity index (χ1) is 8.20. The van der Waals surface area contributed by atoms with E-state index in [1.807, 2.05) is 0 Å². The molecule has 1 atom stereocenters. The van der Waals surface area contributed by atoms with Crippen LogP contribution in [0.3, 0.4) is 0 Å². The molecule has 1 saturated heterocycles. The summed E-state index contributed by atoms with van der Waals surface area (Å²) >= 11 is 3.56. The Morgan fingerprint density at radius 3 is 3.06 bits per heavy atom. The zero-order chi connectivity index (χ0) is 12.3. The van der Waals surface area contributed by atoms with Crippen LogP contribution in [0.4, 0.5) is 5.69 Å². The summed E-state index contributed by atoms with van der Waals surface area (Å²) in [6.07, 6.45) is 2.32. The second-order valence-corrected chi connectivity index (χ2v) is 5.70. The van der Waals surface area contributed by atoms with Crippen LogP contribution in [-0.2, 0) is 6.42 Å². The fourth-order valence-electron chi connectivity index (χ4n) is 2.47. The van der Waals surface area contributed by atoms with Crippen molar-refractivity contribution in [3.8, 4) is 0 Å². The topological polar surface area (TPSA) is 15.3 Å². The Morgan fingerprint density at radius 1 is 1.47 bits per heavy atom. The lowest BCUT2D eigenvalue weighted by atomic mass is 10.1. The lowest BCUT2D eigenvalue weighted by Crippen LogP contribution is -2.35. The Morgan fingerprint density at radius 2 is 2.29 bits per heavy atom. The Hall–Kier alpha value is -0.540. The van der Waals surface area contributed by atoms with Gasteiger partial charge in [0.15, 0.2) is 0 Å². The van der Waals surface area contributed by atoms with Crippen molar-refractivity contribution in [3.05, 3.63) is 28.2 Å². The van der Waals surface area contributed by atoms with E-state index in [0.29, 0.717) is 6.04 Å². The summed E-state index contributed by atoms with van der Waals surface area (Å²) in [5.41, 5.74) is 2.85. The number of hydrogen-bond acceptors (Lipinski definition) is 2. The van der Waals surface area contributed by atoms with E-state index in [-0.39, 0.29) is 0 Å². The minimum atomic E-state index is 0.575. The summed E-state index contributed by atoms with van der Waals surface area (Å²) in [7, 11) is 0. The molecular formula is C14H21BrN2. The van der Waals surface area contributed by atoms with Crippen molar-refractivity contribution in [2.45, 2.75) is 32.7 Å². The number of nitrogens with zero attached hydrogens (tertiary/aromatic N) is 1. The van der Waals surface area contributed by atoms with Gasteiger partial charge in [-0.3, -0.25) is 0 Å². The average Bonchev–Trinajstić information content (AvgIpc) is 2.53. The molecule has 1 aromatic rings. The number of nitrogens with one attached hydrogen (secondary N) is 1. The highest BCUT2D eigenvalue weighted by Crippen LogP contribution is 2.26. The SMILES string of the molecule is CCc1cc(Br)ccc1N1CCCNC(C)C1. The van der Waals surface area contributed by atoms with Crippen LogP contribution < -0.4 is 10.2 Å². The van der Waals surface area contributed by atoms with E-state index < -0.39 is 0 Å². The molecule has 1 N–H and O–H groups in total. The number of hydrogen-bond donors (Lipinski definition) is 1. The van der Waals surface area contributed by atoms with Gasteiger partial charge in [-0.05, 0) is 50.1 Å². The van der Waals surface area contributed by atoms with Crippen LogP contribution in [0.15, 0.2) is 22.7 Å². The zero-order valence-corrected chi connectivity index (χ0v) is 12.3. The van der Waals surface area contributed by atoms with Gasteiger partial charge in [-0.2, -0.15) is 0 Å². The smallest absolute Gasteiger partial charge is 0.0399 e. The summed E-state index contributed by atoms with van der Waals surface area (Å²) in [5, 5.41) is 3.54. The Balaban J connectivity index is 2.25. The van der Waals surface area contributed by atoms with Gasteiger partial charge < -0.3 is 10.2 Å². The molecule has 3 heteroatoms. The highest BCUT2D eigenvalue weighted by atomic mass is 79.9. The van der Waals surface area contributed by atoms with E-state index >= 15 is 0 Å². The Bertz CT molecular complexity index is 378. The van der Waals surface area contributed by atoms with Gasteiger partial charge in [0.25, 0.3) is 0 Å². The quantitative estimate of drug-likeness (QED) is 0.902. The van der Waals surface area contributed by atoms with Gasteiger partial charge in [-0.25, -0.2) is 0 Å². The lowest BCUT2D eigenvalue weighted by Gasteiger charge is -2.27. The second kappa shape index (κ2) is 5.87. The van der Waals surface area contributed by atoms with Crippen molar-refractivity contribution in [2.24, 2.45) is 0 Å². The summed E-state index contributed by atoms with van der Waals surface area (Å²) in [6, 6.07) is 7.22. The molecule has 94 valence electrons. The fraction of sp³-hybridized carbons (Fsp3) is 0.571. The fourth-order valence-corrected chi connectivity index (χ4v) is 2.88. The van der Waals surface area contributed by atoms with Crippen LogP contribution in [0, 0.1) is 0 Å². The number of benzene rings is 1. The van der Waals surface area contributed by atoms with Crippen LogP contribution in [-0.4, -0.2) is 25.7 Å². The maximum Gasteiger partial charge on any atom is 0.0399 e. The minimum absolute atomic E-state index is 0.575. The van der Waals surface area contributed by atoms with E-state index in [1.54, 1.807) is 0 Å². The maximum atomic E-state index is 3.56. The molecule has 2 rings (SSSR count). The molecule has 0 radical (unpaired) electrons. The third kappa shape index (κ3) is 3.23. The van der Waals surface area contributed by atoms with Gasteiger partial charge in [0.05, 0.1) is 0 Å². The lowest BCUT2D eigenvalue weighted by molar-refractivity contribution is 0.584. The first-order valence-electron chi connectivity index (χ1n) is 6.47. The highest BCUT2D eigenvalue weighted by Gasteiger charge is 2.16. The molecule has 0 aliphatic carbocycles. The standard InChI is InChI=1S/C14H21BrN2/c1-3-12-9-13(15)5-6-14(12)17-8-4-7-16-11(2)10-17/h5-6,9,11,16H,3-4,7-8,10H2,1-2H3. The summed E-state index contributed by atoms with van der Waals surface area (Å²) < 4.78 is 1.18. The van der Waals surface area contributed by atoms with Crippen molar-refractivity contribution in [1.29, 1.82) is 0 Å². The van der Waals surface area contributed by atoms with Gasteiger partial charge >= 0.3 is 0 Å². The molecule has 1 aliphatic heterocycles. The van der Waals surface area contributed by atoms with E-state index in [4.69, 9.17) is 0 Å². The number of anilines is 1. The summed E-state index contributed by atoms with van der Waals surface area (Å²) in [6.45, 7) is 7.89. The number of halogens is 1. The van der Waals surface area contributed by atoms with Crippen molar-refractivity contribution < 1.29 is 0 Å².